The predicted molar refractivity (Wildman–Crippen MR) is 67.8 cm³/mol. The molecule has 1 aliphatic rings. The molecule has 1 heterocycles. The summed E-state index contributed by atoms with van der Waals surface area (Å²) in [6.45, 7) is 0.0554. The number of ether oxygens (including phenoxy) is 2. The lowest BCUT2D eigenvalue weighted by Crippen LogP contribution is -2.53. The third-order valence-corrected chi connectivity index (χ3v) is 2.97. The number of hydrogen-bond acceptors (Lipinski definition) is 6. The molecule has 8 heteroatoms. The van der Waals surface area contributed by atoms with Gasteiger partial charge in [0.2, 0.25) is 0 Å². The summed E-state index contributed by atoms with van der Waals surface area (Å²) in [5.74, 6) is 0. The van der Waals surface area contributed by atoms with Gasteiger partial charge in [-0.15, -0.1) is 0 Å². The highest BCUT2D eigenvalue weighted by Gasteiger charge is 2.38. The van der Waals surface area contributed by atoms with Crippen LogP contribution in [0.25, 0.3) is 10.4 Å². The largest absolute Gasteiger partial charge is 0.388 e. The van der Waals surface area contributed by atoms with Gasteiger partial charge in [0.15, 0.2) is 6.29 Å². The van der Waals surface area contributed by atoms with Crippen LogP contribution in [0, 0.1) is 0 Å². The SMILES string of the molecule is [N-]=[N+]=Nc1ccc(CO[C@H]2OC[C@@H](O)[C@@H](O)[C@@H]2O)cc1. The highest BCUT2D eigenvalue weighted by atomic mass is 16.7. The van der Waals surface area contributed by atoms with Crippen molar-refractivity contribution >= 4 is 5.69 Å². The fourth-order valence-corrected chi connectivity index (χ4v) is 1.81. The number of aliphatic hydroxyl groups excluding tert-OH is 3. The molecule has 8 nitrogen and oxygen atoms in total. The zero-order valence-corrected chi connectivity index (χ0v) is 10.5. The highest BCUT2D eigenvalue weighted by molar-refractivity contribution is 5.38. The molecule has 0 aromatic heterocycles. The molecule has 1 aromatic carbocycles. The molecule has 0 spiro atoms. The molecule has 0 saturated carbocycles. The minimum atomic E-state index is -1.30. The molecule has 1 fully saturated rings. The molecule has 3 N–H and O–H groups in total. The first-order valence-corrected chi connectivity index (χ1v) is 6.03. The van der Waals surface area contributed by atoms with Gasteiger partial charge >= 0.3 is 0 Å². The van der Waals surface area contributed by atoms with Crippen molar-refractivity contribution in [2.24, 2.45) is 5.11 Å². The summed E-state index contributed by atoms with van der Waals surface area (Å²) in [7, 11) is 0. The Balaban J connectivity index is 1.90. The summed E-state index contributed by atoms with van der Waals surface area (Å²) in [5, 5.41) is 31.9. The van der Waals surface area contributed by atoms with E-state index in [9.17, 15) is 15.3 Å². The Morgan fingerprint density at radius 3 is 2.60 bits per heavy atom. The molecular weight excluding hydrogens is 266 g/mol. The molecule has 20 heavy (non-hydrogen) atoms. The van der Waals surface area contributed by atoms with Crippen LogP contribution in [0.5, 0.6) is 0 Å². The molecule has 0 aliphatic carbocycles. The maximum Gasteiger partial charge on any atom is 0.186 e. The van der Waals surface area contributed by atoms with Crippen LogP contribution in [0.2, 0.25) is 0 Å². The summed E-state index contributed by atoms with van der Waals surface area (Å²) < 4.78 is 10.5. The van der Waals surface area contributed by atoms with E-state index in [1.807, 2.05) is 0 Å². The first-order valence-electron chi connectivity index (χ1n) is 6.03. The quantitative estimate of drug-likeness (QED) is 0.422. The summed E-state index contributed by atoms with van der Waals surface area (Å²) in [6.07, 6.45) is -4.71. The Kier molecular flexibility index (Phi) is 4.91. The molecular formula is C12H15N3O5. The van der Waals surface area contributed by atoms with E-state index in [4.69, 9.17) is 15.0 Å². The van der Waals surface area contributed by atoms with Crippen LogP contribution in [0.1, 0.15) is 5.56 Å². The van der Waals surface area contributed by atoms with Gasteiger partial charge in [-0.25, -0.2) is 0 Å². The van der Waals surface area contributed by atoms with Gasteiger partial charge in [-0.2, -0.15) is 0 Å². The van der Waals surface area contributed by atoms with Gasteiger partial charge in [-0.3, -0.25) is 0 Å². The van der Waals surface area contributed by atoms with Gasteiger partial charge in [0.1, 0.15) is 18.3 Å². The van der Waals surface area contributed by atoms with Crippen LogP contribution in [0.15, 0.2) is 29.4 Å². The zero-order valence-electron chi connectivity index (χ0n) is 10.5. The fraction of sp³-hybridized carbons (Fsp3) is 0.500. The van der Waals surface area contributed by atoms with E-state index in [-0.39, 0.29) is 13.2 Å². The third kappa shape index (κ3) is 3.45. The van der Waals surface area contributed by atoms with Gasteiger partial charge in [-0.05, 0) is 11.1 Å². The standard InChI is InChI=1S/C12H15N3O5/c13-15-14-8-3-1-7(2-4-8)5-19-12-11(18)10(17)9(16)6-20-12/h1-4,9-12,16-18H,5-6H2/t9-,10-,11+,12+/m1/s1. The molecule has 108 valence electrons. The minimum Gasteiger partial charge on any atom is -0.388 e. The monoisotopic (exact) mass is 281 g/mol. The van der Waals surface area contributed by atoms with Crippen LogP contribution >= 0.6 is 0 Å². The Labute approximate surface area is 114 Å². The van der Waals surface area contributed by atoms with Crippen molar-refractivity contribution in [2.45, 2.75) is 31.2 Å². The number of azide groups is 1. The summed E-state index contributed by atoms with van der Waals surface area (Å²) >= 11 is 0. The average molecular weight is 281 g/mol. The highest BCUT2D eigenvalue weighted by Crippen LogP contribution is 2.19. The van der Waals surface area contributed by atoms with E-state index >= 15 is 0 Å². The van der Waals surface area contributed by atoms with E-state index in [0.717, 1.165) is 5.56 Å². The molecule has 0 amide bonds. The van der Waals surface area contributed by atoms with Gasteiger partial charge in [0.05, 0.1) is 13.2 Å². The Hall–Kier alpha value is -1.67. The predicted octanol–water partition coefficient (Wildman–Crippen LogP) is 0.584. The topological polar surface area (TPSA) is 128 Å². The first kappa shape index (κ1) is 14.7. The van der Waals surface area contributed by atoms with Gasteiger partial charge in [-0.1, -0.05) is 29.4 Å². The average Bonchev–Trinajstić information content (AvgIpc) is 2.46. The minimum absolute atomic E-state index is 0.0985. The first-order chi connectivity index (χ1) is 9.61. The van der Waals surface area contributed by atoms with Crippen LogP contribution in [0.4, 0.5) is 5.69 Å². The number of benzene rings is 1. The fourth-order valence-electron chi connectivity index (χ4n) is 1.81. The number of aliphatic hydroxyl groups is 3. The molecule has 4 atom stereocenters. The van der Waals surface area contributed by atoms with Crippen LogP contribution in [-0.2, 0) is 16.1 Å². The van der Waals surface area contributed by atoms with Crippen molar-refractivity contribution in [3.63, 3.8) is 0 Å². The smallest absolute Gasteiger partial charge is 0.186 e. The molecule has 1 aliphatic heterocycles. The maximum atomic E-state index is 9.68. The lowest BCUT2D eigenvalue weighted by Gasteiger charge is -2.34. The number of nitrogens with zero attached hydrogens (tertiary/aromatic N) is 3. The van der Waals surface area contributed by atoms with Crippen molar-refractivity contribution in [1.82, 2.24) is 0 Å². The Morgan fingerprint density at radius 2 is 1.95 bits per heavy atom. The molecule has 0 bridgehead atoms. The van der Waals surface area contributed by atoms with Crippen LogP contribution in [-0.4, -0.2) is 46.5 Å². The van der Waals surface area contributed by atoms with Crippen molar-refractivity contribution < 1.29 is 24.8 Å². The second kappa shape index (κ2) is 6.67. The van der Waals surface area contributed by atoms with E-state index in [0.29, 0.717) is 5.69 Å². The summed E-state index contributed by atoms with van der Waals surface area (Å²) in [4.78, 5) is 2.67. The Bertz CT molecular complexity index is 488. The summed E-state index contributed by atoms with van der Waals surface area (Å²) in [6, 6.07) is 6.69. The normalized spacial score (nSPS) is 29.8. The molecule has 1 saturated heterocycles. The zero-order chi connectivity index (χ0) is 14.5. The van der Waals surface area contributed by atoms with Gasteiger partial charge in [0, 0.05) is 10.6 Å². The molecule has 2 rings (SSSR count). The number of rotatable bonds is 4. The van der Waals surface area contributed by atoms with Crippen LogP contribution < -0.4 is 0 Å². The van der Waals surface area contributed by atoms with E-state index in [2.05, 4.69) is 10.0 Å². The van der Waals surface area contributed by atoms with E-state index in [1.54, 1.807) is 24.3 Å². The lowest BCUT2D eigenvalue weighted by atomic mass is 10.1. The molecule has 0 unspecified atom stereocenters. The van der Waals surface area contributed by atoms with Crippen LogP contribution in [0.3, 0.4) is 0 Å². The lowest BCUT2D eigenvalue weighted by molar-refractivity contribution is -0.273. The second-order valence-corrected chi connectivity index (χ2v) is 4.42. The van der Waals surface area contributed by atoms with Crippen molar-refractivity contribution in [1.29, 1.82) is 0 Å². The van der Waals surface area contributed by atoms with Gasteiger partial charge < -0.3 is 24.8 Å². The Morgan fingerprint density at radius 1 is 1.25 bits per heavy atom. The van der Waals surface area contributed by atoms with Crippen molar-refractivity contribution in [3.05, 3.63) is 40.3 Å². The van der Waals surface area contributed by atoms with Crippen molar-refractivity contribution in [3.8, 4) is 0 Å². The second-order valence-electron chi connectivity index (χ2n) is 4.42. The maximum absolute atomic E-state index is 9.68. The molecule has 1 aromatic rings. The van der Waals surface area contributed by atoms with Gasteiger partial charge in [0.25, 0.3) is 0 Å². The van der Waals surface area contributed by atoms with E-state index in [1.165, 1.54) is 0 Å². The number of hydrogen-bond donors (Lipinski definition) is 3. The third-order valence-electron chi connectivity index (χ3n) is 2.97. The molecule has 0 radical (unpaired) electrons. The van der Waals surface area contributed by atoms with E-state index < -0.39 is 24.6 Å². The van der Waals surface area contributed by atoms with Crippen molar-refractivity contribution in [2.75, 3.05) is 6.61 Å². The summed E-state index contributed by atoms with van der Waals surface area (Å²) in [5.41, 5.74) is 9.56.